The van der Waals surface area contributed by atoms with Crippen molar-refractivity contribution in [1.82, 2.24) is 10.2 Å². The van der Waals surface area contributed by atoms with E-state index in [2.05, 4.69) is 27.6 Å². The topological polar surface area (TPSA) is 57.8 Å². The molecule has 0 spiro atoms. The average molecular weight is 299 g/mol. The largest absolute Gasteiger partial charge is 0.321 e. The first kappa shape index (κ1) is 12.4. The molecule has 2 heterocycles. The Morgan fingerprint density at radius 1 is 1.00 bits per heavy atom. The van der Waals surface area contributed by atoms with Crippen LogP contribution in [0.3, 0.4) is 0 Å². The molecule has 4 nitrogen and oxygen atoms in total. The van der Waals surface area contributed by atoms with Crippen LogP contribution in [0.25, 0.3) is 22.9 Å². The Hall–Kier alpha value is -3.14. The Kier molecular flexibility index (Phi) is 2.39. The van der Waals surface area contributed by atoms with Gasteiger partial charge in [0.25, 0.3) is 5.91 Å². The monoisotopic (exact) mass is 299 g/mol. The van der Waals surface area contributed by atoms with E-state index >= 15 is 0 Å². The lowest BCUT2D eigenvalue weighted by Gasteiger charge is -1.99. The molecule has 2 aliphatic rings. The molecule has 3 aromatic rings. The number of nitrogens with one attached hydrogen (secondary N) is 2. The van der Waals surface area contributed by atoms with Gasteiger partial charge in [-0.3, -0.25) is 9.89 Å². The fourth-order valence-electron chi connectivity index (χ4n) is 3.42. The number of para-hydroxylation sites is 1. The lowest BCUT2D eigenvalue weighted by molar-refractivity contribution is -0.110. The number of carbonyl (C=O) groups is 1. The second-order valence-corrected chi connectivity index (χ2v) is 5.86. The molecular weight excluding hydrogens is 286 g/mol. The molecule has 0 bridgehead atoms. The number of hydrogen-bond acceptors (Lipinski definition) is 2. The van der Waals surface area contributed by atoms with Gasteiger partial charge in [-0.2, -0.15) is 5.10 Å². The Morgan fingerprint density at radius 2 is 1.78 bits per heavy atom. The van der Waals surface area contributed by atoms with Crippen LogP contribution in [0.2, 0.25) is 0 Å². The van der Waals surface area contributed by atoms with E-state index in [0.29, 0.717) is 5.57 Å². The van der Waals surface area contributed by atoms with Crippen LogP contribution in [0.5, 0.6) is 0 Å². The molecule has 0 radical (unpaired) electrons. The van der Waals surface area contributed by atoms with Gasteiger partial charge >= 0.3 is 0 Å². The highest BCUT2D eigenvalue weighted by atomic mass is 16.2. The van der Waals surface area contributed by atoms with Gasteiger partial charge in [-0.05, 0) is 17.7 Å². The molecule has 0 unspecified atom stereocenters. The molecule has 2 aromatic carbocycles. The molecule has 0 fully saturated rings. The first-order valence-electron chi connectivity index (χ1n) is 7.59. The SMILES string of the molecule is O=C1Nc2ccccc2/C1=C/c1[nH]nc2c1Cc1ccccc1-2. The Balaban J connectivity index is 1.64. The number of hydrogen-bond donors (Lipinski definition) is 2. The molecule has 4 heteroatoms. The van der Waals surface area contributed by atoms with Crippen LogP contribution in [0.4, 0.5) is 5.69 Å². The summed E-state index contributed by atoms with van der Waals surface area (Å²) >= 11 is 0. The summed E-state index contributed by atoms with van der Waals surface area (Å²) < 4.78 is 0. The standard InChI is InChI=1S/C19H13N3O/c23-19-14(13-7-3-4-8-16(13)20-19)10-17-15-9-11-5-1-2-6-12(11)18(15)22-21-17/h1-8,10H,9H2,(H,20,23)(H,21,22)/b14-10-. The number of rotatable bonds is 1. The summed E-state index contributed by atoms with van der Waals surface area (Å²) in [6.45, 7) is 0. The Bertz CT molecular complexity index is 997. The maximum absolute atomic E-state index is 12.3. The third kappa shape index (κ3) is 1.72. The molecule has 1 aliphatic carbocycles. The van der Waals surface area contributed by atoms with Crippen molar-refractivity contribution in [3.05, 3.63) is 70.9 Å². The molecule has 0 atom stereocenters. The molecule has 1 aromatic heterocycles. The fraction of sp³-hybridized carbons (Fsp3) is 0.0526. The van der Waals surface area contributed by atoms with Gasteiger partial charge in [0.05, 0.1) is 17.0 Å². The molecular formula is C19H13N3O. The predicted molar refractivity (Wildman–Crippen MR) is 89.8 cm³/mol. The van der Waals surface area contributed by atoms with E-state index < -0.39 is 0 Å². The van der Waals surface area contributed by atoms with Crippen LogP contribution in [-0.2, 0) is 11.2 Å². The minimum absolute atomic E-state index is 0.0648. The third-order valence-corrected chi connectivity index (χ3v) is 4.54. The molecule has 23 heavy (non-hydrogen) atoms. The van der Waals surface area contributed by atoms with Gasteiger partial charge in [-0.25, -0.2) is 0 Å². The highest BCUT2D eigenvalue weighted by molar-refractivity contribution is 6.34. The van der Waals surface area contributed by atoms with Gasteiger partial charge < -0.3 is 5.32 Å². The van der Waals surface area contributed by atoms with E-state index in [1.54, 1.807) is 0 Å². The quantitative estimate of drug-likeness (QED) is 0.529. The number of carbonyl (C=O) groups excluding carboxylic acids is 1. The molecule has 5 rings (SSSR count). The van der Waals surface area contributed by atoms with Crippen molar-refractivity contribution in [1.29, 1.82) is 0 Å². The van der Waals surface area contributed by atoms with E-state index in [1.165, 1.54) is 11.1 Å². The van der Waals surface area contributed by atoms with E-state index in [0.717, 1.165) is 34.6 Å². The zero-order valence-corrected chi connectivity index (χ0v) is 12.3. The molecule has 110 valence electrons. The number of benzene rings is 2. The van der Waals surface area contributed by atoms with Crippen LogP contribution in [0.15, 0.2) is 48.5 Å². The Morgan fingerprint density at radius 3 is 2.70 bits per heavy atom. The fourth-order valence-corrected chi connectivity index (χ4v) is 3.42. The minimum atomic E-state index is -0.0648. The smallest absolute Gasteiger partial charge is 0.256 e. The van der Waals surface area contributed by atoms with Crippen LogP contribution in [0, 0.1) is 0 Å². The van der Waals surface area contributed by atoms with Crippen LogP contribution in [-0.4, -0.2) is 16.1 Å². The molecule has 0 saturated carbocycles. The van der Waals surface area contributed by atoms with E-state index in [4.69, 9.17) is 0 Å². The summed E-state index contributed by atoms with van der Waals surface area (Å²) in [5.74, 6) is -0.0648. The number of amides is 1. The summed E-state index contributed by atoms with van der Waals surface area (Å²) in [6.07, 6.45) is 2.77. The van der Waals surface area contributed by atoms with E-state index in [-0.39, 0.29) is 5.91 Å². The lowest BCUT2D eigenvalue weighted by Crippen LogP contribution is -2.03. The van der Waals surface area contributed by atoms with Crippen molar-refractivity contribution in [3.63, 3.8) is 0 Å². The van der Waals surface area contributed by atoms with Crippen molar-refractivity contribution in [3.8, 4) is 11.3 Å². The second-order valence-electron chi connectivity index (χ2n) is 5.86. The second kappa shape index (κ2) is 4.43. The van der Waals surface area contributed by atoms with Crippen molar-refractivity contribution >= 4 is 23.2 Å². The average Bonchev–Trinajstić information content (AvgIpc) is 3.21. The van der Waals surface area contributed by atoms with Crippen LogP contribution in [0.1, 0.15) is 22.4 Å². The van der Waals surface area contributed by atoms with Crippen molar-refractivity contribution in [2.75, 3.05) is 5.32 Å². The number of fused-ring (bicyclic) bond motifs is 4. The summed E-state index contributed by atoms with van der Waals surface area (Å²) in [6, 6.07) is 16.1. The van der Waals surface area contributed by atoms with Gasteiger partial charge in [0.2, 0.25) is 0 Å². The third-order valence-electron chi connectivity index (χ3n) is 4.54. The minimum Gasteiger partial charge on any atom is -0.321 e. The van der Waals surface area contributed by atoms with E-state index in [9.17, 15) is 4.79 Å². The number of H-pyrrole nitrogens is 1. The van der Waals surface area contributed by atoms with Gasteiger partial charge in [-0.1, -0.05) is 42.5 Å². The van der Waals surface area contributed by atoms with Gasteiger partial charge in [0, 0.05) is 28.8 Å². The number of aromatic amines is 1. The zero-order chi connectivity index (χ0) is 15.4. The molecule has 0 saturated heterocycles. The lowest BCUT2D eigenvalue weighted by atomic mass is 10.0. The van der Waals surface area contributed by atoms with Crippen molar-refractivity contribution in [2.24, 2.45) is 0 Å². The Labute approximate surface area is 132 Å². The summed E-state index contributed by atoms with van der Waals surface area (Å²) in [5.41, 5.74) is 8.03. The van der Waals surface area contributed by atoms with Gasteiger partial charge in [-0.15, -0.1) is 0 Å². The maximum atomic E-state index is 12.3. The number of anilines is 1. The molecule has 2 N–H and O–H groups in total. The first-order chi connectivity index (χ1) is 11.3. The summed E-state index contributed by atoms with van der Waals surface area (Å²) in [5, 5.41) is 10.5. The van der Waals surface area contributed by atoms with Gasteiger partial charge in [0.15, 0.2) is 0 Å². The van der Waals surface area contributed by atoms with Crippen molar-refractivity contribution in [2.45, 2.75) is 6.42 Å². The number of aromatic nitrogens is 2. The van der Waals surface area contributed by atoms with Crippen molar-refractivity contribution < 1.29 is 4.79 Å². The summed E-state index contributed by atoms with van der Waals surface area (Å²) in [7, 11) is 0. The maximum Gasteiger partial charge on any atom is 0.256 e. The van der Waals surface area contributed by atoms with Gasteiger partial charge in [0.1, 0.15) is 0 Å². The van der Waals surface area contributed by atoms with Crippen LogP contribution < -0.4 is 5.32 Å². The highest BCUT2D eigenvalue weighted by Crippen LogP contribution is 2.39. The normalized spacial score (nSPS) is 16.2. The molecule has 1 amide bonds. The first-order valence-corrected chi connectivity index (χ1v) is 7.59. The number of nitrogens with zero attached hydrogens (tertiary/aromatic N) is 1. The van der Waals surface area contributed by atoms with Crippen LogP contribution >= 0.6 is 0 Å². The summed E-state index contributed by atoms with van der Waals surface area (Å²) in [4.78, 5) is 12.3. The predicted octanol–water partition coefficient (Wildman–Crippen LogP) is 3.47. The zero-order valence-electron chi connectivity index (χ0n) is 12.3. The highest BCUT2D eigenvalue weighted by Gasteiger charge is 2.27. The van der Waals surface area contributed by atoms with E-state index in [1.807, 2.05) is 42.5 Å². The molecule has 1 aliphatic heterocycles.